The monoisotopic (exact) mass is 217 g/mol. The first-order chi connectivity index (χ1) is 6.40. The van der Waals surface area contributed by atoms with Gasteiger partial charge < -0.3 is 10.4 Å². The molecule has 14 heavy (non-hydrogen) atoms. The number of hydrogen-bond acceptors (Lipinski definition) is 3. The molecule has 2 N–H and O–H groups in total. The second kappa shape index (κ2) is 4.42. The molecule has 3 heteroatoms. The predicted octanol–water partition coefficient (Wildman–Crippen LogP) is 1.88. The van der Waals surface area contributed by atoms with Crippen molar-refractivity contribution in [2.24, 2.45) is 5.41 Å². The minimum Gasteiger partial charge on any atom is -0.387 e. The fraction of sp³-hybridized carbons (Fsp3) is 1.00. The maximum absolute atomic E-state index is 10.5. The van der Waals surface area contributed by atoms with E-state index < -0.39 is 5.60 Å². The first-order valence-electron chi connectivity index (χ1n) is 5.43. The van der Waals surface area contributed by atoms with Crippen molar-refractivity contribution in [1.29, 1.82) is 0 Å². The van der Waals surface area contributed by atoms with Crippen molar-refractivity contribution in [1.82, 2.24) is 5.32 Å². The number of rotatable bonds is 3. The molecule has 0 bridgehead atoms. The number of nitrogens with one attached hydrogen (secondary N) is 1. The molecule has 1 fully saturated rings. The van der Waals surface area contributed by atoms with Crippen LogP contribution in [-0.4, -0.2) is 34.8 Å². The summed E-state index contributed by atoms with van der Waals surface area (Å²) in [4.78, 5) is 0. The zero-order valence-electron chi connectivity index (χ0n) is 9.76. The molecule has 1 rings (SSSR count). The number of thioether (sulfide) groups is 1. The Morgan fingerprint density at radius 2 is 2.07 bits per heavy atom. The van der Waals surface area contributed by atoms with Gasteiger partial charge in [-0.3, -0.25) is 0 Å². The van der Waals surface area contributed by atoms with Gasteiger partial charge in [0.15, 0.2) is 0 Å². The van der Waals surface area contributed by atoms with Gasteiger partial charge in [-0.05, 0) is 31.1 Å². The number of aliphatic hydroxyl groups is 1. The van der Waals surface area contributed by atoms with E-state index in [9.17, 15) is 5.11 Å². The van der Waals surface area contributed by atoms with Crippen molar-refractivity contribution >= 4 is 11.8 Å². The van der Waals surface area contributed by atoms with Crippen LogP contribution in [0.1, 0.15) is 34.1 Å². The van der Waals surface area contributed by atoms with Gasteiger partial charge in [0.1, 0.15) is 0 Å². The topological polar surface area (TPSA) is 32.3 Å². The lowest BCUT2D eigenvalue weighted by atomic mass is 9.78. The summed E-state index contributed by atoms with van der Waals surface area (Å²) in [7, 11) is 0. The second-order valence-electron chi connectivity index (χ2n) is 5.22. The second-order valence-corrected chi connectivity index (χ2v) is 6.20. The Balaban J connectivity index is 2.63. The summed E-state index contributed by atoms with van der Waals surface area (Å²) in [6.07, 6.45) is 0.904. The highest BCUT2D eigenvalue weighted by Gasteiger charge is 2.42. The molecule has 84 valence electrons. The van der Waals surface area contributed by atoms with E-state index in [0.717, 1.165) is 24.5 Å². The molecule has 1 aliphatic heterocycles. The molecule has 0 radical (unpaired) electrons. The Morgan fingerprint density at radius 1 is 1.43 bits per heavy atom. The lowest BCUT2D eigenvalue weighted by molar-refractivity contribution is -0.00882. The van der Waals surface area contributed by atoms with Gasteiger partial charge in [0, 0.05) is 11.8 Å². The smallest absolute Gasteiger partial charge is 0.0892 e. The van der Waals surface area contributed by atoms with Crippen LogP contribution in [-0.2, 0) is 0 Å². The molecule has 1 aliphatic rings. The van der Waals surface area contributed by atoms with E-state index in [1.165, 1.54) is 0 Å². The normalized spacial score (nSPS) is 34.1. The van der Waals surface area contributed by atoms with Gasteiger partial charge in [-0.25, -0.2) is 0 Å². The molecule has 1 heterocycles. The fourth-order valence-electron chi connectivity index (χ4n) is 2.21. The van der Waals surface area contributed by atoms with Gasteiger partial charge >= 0.3 is 0 Å². The van der Waals surface area contributed by atoms with E-state index >= 15 is 0 Å². The zero-order chi connectivity index (χ0) is 10.8. The van der Waals surface area contributed by atoms with Gasteiger partial charge in [0.2, 0.25) is 0 Å². The summed E-state index contributed by atoms with van der Waals surface area (Å²) in [5.41, 5.74) is -0.260. The zero-order valence-corrected chi connectivity index (χ0v) is 10.6. The molecule has 0 aromatic heterocycles. The standard InChI is InChI=1S/C11H23NOS/c1-5-12-9(2)11(13)6-10(3,4)7-14-8-11/h9,12-13H,5-8H2,1-4H3. The Kier molecular flexibility index (Phi) is 3.89. The van der Waals surface area contributed by atoms with Crippen LogP contribution in [0.25, 0.3) is 0 Å². The SMILES string of the molecule is CCNC(C)C1(O)CSCC(C)(C)C1. The molecule has 2 atom stereocenters. The minimum atomic E-state index is -0.525. The van der Waals surface area contributed by atoms with Gasteiger partial charge in [-0.15, -0.1) is 0 Å². The van der Waals surface area contributed by atoms with Crippen molar-refractivity contribution in [2.45, 2.75) is 45.8 Å². The summed E-state index contributed by atoms with van der Waals surface area (Å²) in [6, 6.07) is 0.194. The third-order valence-electron chi connectivity index (χ3n) is 2.95. The molecular weight excluding hydrogens is 194 g/mol. The lowest BCUT2D eigenvalue weighted by Crippen LogP contribution is -2.55. The van der Waals surface area contributed by atoms with E-state index in [1.807, 2.05) is 11.8 Å². The summed E-state index contributed by atoms with van der Waals surface area (Å²) in [6.45, 7) is 9.58. The van der Waals surface area contributed by atoms with Crippen LogP contribution in [0.4, 0.5) is 0 Å². The number of likely N-dealkylation sites (N-methyl/N-ethyl adjacent to an activating group) is 1. The van der Waals surface area contributed by atoms with Crippen LogP contribution in [0.2, 0.25) is 0 Å². The molecule has 0 aromatic carbocycles. The lowest BCUT2D eigenvalue weighted by Gasteiger charge is -2.44. The van der Waals surface area contributed by atoms with E-state index in [1.54, 1.807) is 0 Å². The average Bonchev–Trinajstić information content (AvgIpc) is 2.02. The molecule has 0 amide bonds. The largest absolute Gasteiger partial charge is 0.387 e. The van der Waals surface area contributed by atoms with Crippen LogP contribution in [0.15, 0.2) is 0 Å². The summed E-state index contributed by atoms with van der Waals surface area (Å²) < 4.78 is 0. The maximum atomic E-state index is 10.5. The highest BCUT2D eigenvalue weighted by atomic mass is 32.2. The Bertz CT molecular complexity index is 196. The Morgan fingerprint density at radius 3 is 2.57 bits per heavy atom. The van der Waals surface area contributed by atoms with E-state index in [0.29, 0.717) is 0 Å². The van der Waals surface area contributed by atoms with E-state index in [2.05, 4.69) is 33.0 Å². The summed E-state index contributed by atoms with van der Waals surface area (Å²) >= 11 is 1.87. The quantitative estimate of drug-likeness (QED) is 0.757. The molecule has 0 aromatic rings. The van der Waals surface area contributed by atoms with Gasteiger partial charge in [-0.1, -0.05) is 20.8 Å². The summed E-state index contributed by atoms with van der Waals surface area (Å²) in [5, 5.41) is 13.9. The van der Waals surface area contributed by atoms with Gasteiger partial charge in [0.05, 0.1) is 5.60 Å². The van der Waals surface area contributed by atoms with Crippen molar-refractivity contribution in [2.75, 3.05) is 18.1 Å². The van der Waals surface area contributed by atoms with Crippen molar-refractivity contribution < 1.29 is 5.11 Å². The molecular formula is C11H23NOS. The molecule has 0 saturated carbocycles. The molecule has 2 nitrogen and oxygen atoms in total. The first-order valence-corrected chi connectivity index (χ1v) is 6.59. The third kappa shape index (κ3) is 2.88. The average molecular weight is 217 g/mol. The van der Waals surface area contributed by atoms with Crippen LogP contribution >= 0.6 is 11.8 Å². The van der Waals surface area contributed by atoms with E-state index in [4.69, 9.17) is 0 Å². The molecule has 0 spiro atoms. The van der Waals surface area contributed by atoms with Crippen molar-refractivity contribution in [3.63, 3.8) is 0 Å². The first kappa shape index (κ1) is 12.3. The van der Waals surface area contributed by atoms with Crippen LogP contribution in [0.5, 0.6) is 0 Å². The minimum absolute atomic E-state index is 0.194. The summed E-state index contributed by atoms with van der Waals surface area (Å²) in [5.74, 6) is 2.03. The molecule has 1 saturated heterocycles. The van der Waals surface area contributed by atoms with E-state index in [-0.39, 0.29) is 11.5 Å². The van der Waals surface area contributed by atoms with Crippen LogP contribution < -0.4 is 5.32 Å². The van der Waals surface area contributed by atoms with Gasteiger partial charge in [0.25, 0.3) is 0 Å². The number of hydrogen-bond donors (Lipinski definition) is 2. The van der Waals surface area contributed by atoms with Gasteiger partial charge in [-0.2, -0.15) is 11.8 Å². The van der Waals surface area contributed by atoms with Crippen molar-refractivity contribution in [3.05, 3.63) is 0 Å². The molecule has 0 aliphatic carbocycles. The predicted molar refractivity (Wildman–Crippen MR) is 63.8 cm³/mol. The fourth-order valence-corrected chi connectivity index (χ4v) is 3.67. The highest BCUT2D eigenvalue weighted by molar-refractivity contribution is 7.99. The third-order valence-corrected chi connectivity index (χ3v) is 4.64. The Hall–Kier alpha value is 0.270. The Labute approximate surface area is 91.9 Å². The molecule has 2 unspecified atom stereocenters. The highest BCUT2D eigenvalue weighted by Crippen LogP contribution is 2.40. The van der Waals surface area contributed by atoms with Crippen molar-refractivity contribution in [3.8, 4) is 0 Å². The van der Waals surface area contributed by atoms with Crippen LogP contribution in [0, 0.1) is 5.41 Å². The van der Waals surface area contributed by atoms with Crippen LogP contribution in [0.3, 0.4) is 0 Å². The maximum Gasteiger partial charge on any atom is 0.0892 e.